The van der Waals surface area contributed by atoms with Crippen molar-refractivity contribution >= 4 is 130 Å². The van der Waals surface area contributed by atoms with Crippen LogP contribution in [-0.2, 0) is 103 Å². The van der Waals surface area contributed by atoms with Crippen LogP contribution in [0.15, 0.2) is 211 Å². The number of allylic oxidation sites excluding steroid dienone is 2. The summed E-state index contributed by atoms with van der Waals surface area (Å²) < 4.78 is 3.21. The van der Waals surface area contributed by atoms with Gasteiger partial charge in [-0.15, -0.1) is 11.8 Å². The number of ketones is 1. The second kappa shape index (κ2) is 35.2. The monoisotopic (exact) mass is 1780 g/mol. The van der Waals surface area contributed by atoms with Gasteiger partial charge < -0.3 is 5.11 Å². The first-order valence-corrected chi connectivity index (χ1v) is 58.3. The second-order valence-electron chi connectivity index (χ2n) is 43.5. The van der Waals surface area contributed by atoms with Gasteiger partial charge in [0.15, 0.2) is 40.4 Å². The van der Waals surface area contributed by atoms with Crippen molar-refractivity contribution in [3.63, 3.8) is 0 Å². The fourth-order valence-corrected chi connectivity index (χ4v) is 59.4. The first-order valence-electron chi connectivity index (χ1n) is 45.4. The molecule has 6 aromatic rings. The van der Waals surface area contributed by atoms with Crippen LogP contribution in [0.2, 0.25) is 0 Å². The summed E-state index contributed by atoms with van der Waals surface area (Å²) in [6.45, 7) is 41.1. The molecule has 13 heteroatoms. The molecule has 20 bridgehead atoms. The molecule has 0 radical (unpaired) electrons. The summed E-state index contributed by atoms with van der Waals surface area (Å²) in [7, 11) is 2.33. The van der Waals surface area contributed by atoms with Gasteiger partial charge in [-0.2, -0.15) is 0 Å². The van der Waals surface area contributed by atoms with Gasteiger partial charge in [-0.25, -0.2) is 0 Å². The van der Waals surface area contributed by atoms with Crippen LogP contribution in [0.1, 0.15) is 267 Å². The van der Waals surface area contributed by atoms with Crippen molar-refractivity contribution in [1.82, 2.24) is 0 Å². The van der Waals surface area contributed by atoms with Crippen molar-refractivity contribution in [3.05, 3.63) is 215 Å². The van der Waals surface area contributed by atoms with Gasteiger partial charge in [0.2, 0.25) is 7.83 Å². The number of carbonyl (C=O) groups is 1. The van der Waals surface area contributed by atoms with Crippen LogP contribution in [0.25, 0.3) is 0 Å². The van der Waals surface area contributed by atoms with Crippen LogP contribution in [-0.4, -0.2) is 85.1 Å². The largest absolute Gasteiger partial charge is 0.388 e. The maximum absolute atomic E-state index is 12.6. The van der Waals surface area contributed by atoms with Gasteiger partial charge in [0.25, 0.3) is 0 Å². The maximum Gasteiger partial charge on any atom is 0.220 e. The van der Waals surface area contributed by atoms with Gasteiger partial charge in [-0.05, 0) is 250 Å². The zero-order valence-electron chi connectivity index (χ0n) is 74.3. The van der Waals surface area contributed by atoms with Crippen molar-refractivity contribution in [2.24, 2.45) is 35.5 Å². The number of benzene rings is 6. The van der Waals surface area contributed by atoms with E-state index >= 15 is 0 Å². The number of fused-ring (bicyclic) bond motifs is 4. The Hall–Kier alpha value is -1.98. The summed E-state index contributed by atoms with van der Waals surface area (Å²) in [6.07, 6.45) is 37.7. The molecule has 0 aromatic heterocycles. The van der Waals surface area contributed by atoms with Crippen LogP contribution >= 0.6 is 58.8 Å². The number of rotatable bonds is 6. The number of thioether (sulfide) groups is 5. The number of hydrogen-bond acceptors (Lipinski definition) is 7. The van der Waals surface area contributed by atoms with E-state index in [1.54, 1.807) is 26.0 Å². The quantitative estimate of drug-likeness (QED) is 0.132. The summed E-state index contributed by atoms with van der Waals surface area (Å²) in [5.74, 6) is 5.60. The third-order valence-electron chi connectivity index (χ3n) is 28.9. The molecule has 6 saturated carbocycles. The molecule has 15 unspecified atom stereocenters. The molecule has 14 aliphatic heterocycles. The minimum Gasteiger partial charge on any atom is -0.388 e. The summed E-state index contributed by atoms with van der Waals surface area (Å²) in [6, 6.07) is 56.7. The lowest BCUT2D eigenvalue weighted by Gasteiger charge is -2.50. The SMILES string of the molecule is CC(C)(C)c1ccc([S+]2C3C=CC2CC3)cc1.CC(C)(C)c1ccc([S+]2C3C=CCC2C=CC3)cc1.CC(C)(C)c1ccc([S+]2C3CC4CC(C3)C(=O)C2C4)cc1.CC(C)(C)c1ccc([S+]2C3CC4CC(C3)C(O)C2C4)cc1.CC(C)(C)c1ccc([S+]2C3CC4CC(C3)CC2C4)cc1.CC(C)(C)c1ccc([S+]2C3SC4SC(S3)SC2S4)cc1. The van der Waals surface area contributed by atoms with Crippen LogP contribution in [0.3, 0.4) is 0 Å². The average Bonchev–Trinajstić information content (AvgIpc) is 1.12. The molecule has 17 fully saturated rings. The van der Waals surface area contributed by atoms with Gasteiger partial charge in [0.05, 0.1) is 10.9 Å². The third kappa shape index (κ3) is 19.1. The molecule has 0 amide bonds. The van der Waals surface area contributed by atoms with Crippen molar-refractivity contribution < 1.29 is 9.90 Å². The molecule has 6 aromatic carbocycles. The van der Waals surface area contributed by atoms with Crippen LogP contribution < -0.4 is 0 Å². The zero-order chi connectivity index (χ0) is 82.9. The summed E-state index contributed by atoms with van der Waals surface area (Å²) in [5.41, 5.74) is 10.1. The Labute approximate surface area is 753 Å². The lowest BCUT2D eigenvalue weighted by atomic mass is 9.70. The minimum absolute atomic E-state index is 0.0246. The highest BCUT2D eigenvalue weighted by Crippen LogP contribution is 2.71. The molecule has 20 aliphatic rings. The standard InChI is InChI=1S/C19H27OS.C19H25OS.C19H27S.C18H23S.C16H21S.C14H17S6/c2*1-19(2,3)14-4-6-15(7-5-14)21-16-9-12-8-13(11-16)18(20)17(21)10-12;1-19(2,3)15-4-6-16(7-5-15)20-17-9-13-8-14(11-17)12-18(20)10-13;1-18(2,3)14-10-12-17(13-11-14)19-15-6-4-7-16(19)9-5-8-15;1-16(2,3)12-4-6-13(7-5-12)17-14-8-9-15(17)11-10-14;1-14(2,3)8-4-6-9(7-5-8)20-12-16-10-15-11(18-12)19-13(20)17-10/h4-7,12-13,16-18,20H,8-11H2,1-3H3;4-7,12-13,16-17H,8-11H2,1-3H3;4-7,13-14,17-18H,8-12H2,1-3H3;4-6,9-13,15-16H,7-8H2,1-3H3;4-9,14-15H,10-11H2,1-3H3;4-7,10-13H,1-3H3/q6*+1. The molecular formula is C105H140O2S11+6. The maximum atomic E-state index is 12.6. The van der Waals surface area contributed by atoms with E-state index in [1.807, 2.05) is 0 Å². The lowest BCUT2D eigenvalue weighted by molar-refractivity contribution is -0.127. The molecule has 11 saturated heterocycles. The number of aliphatic hydroxyl groups is 1. The molecular weight excluding hydrogens is 1650 g/mol. The molecule has 1 N–H and O–H groups in total. The Balaban J connectivity index is 0.000000102. The molecule has 118 heavy (non-hydrogen) atoms. The first-order chi connectivity index (χ1) is 56.0. The average molecular weight is 1790 g/mol. The van der Waals surface area contributed by atoms with Crippen LogP contribution in [0.4, 0.5) is 0 Å². The van der Waals surface area contributed by atoms with Crippen molar-refractivity contribution in [3.8, 4) is 0 Å². The van der Waals surface area contributed by atoms with E-state index in [0.29, 0.717) is 82.6 Å². The summed E-state index contributed by atoms with van der Waals surface area (Å²) in [4.78, 5) is 21.9. The smallest absolute Gasteiger partial charge is 0.220 e. The molecule has 26 rings (SSSR count). The molecule has 6 aliphatic carbocycles. The summed E-state index contributed by atoms with van der Waals surface area (Å²) in [5, 5.41) is 18.5. The lowest BCUT2D eigenvalue weighted by Crippen LogP contribution is -2.59. The second-order valence-corrected chi connectivity index (χ2v) is 67.7. The number of carbonyl (C=O) groups excluding carboxylic acids is 1. The molecule has 2 nitrogen and oxygen atoms in total. The van der Waals surface area contributed by atoms with E-state index in [0.717, 1.165) is 81.3 Å². The molecule has 14 heterocycles. The van der Waals surface area contributed by atoms with Gasteiger partial charge in [-0.1, -0.05) is 257 Å². The number of aliphatic hydroxyl groups excluding tert-OH is 1. The Bertz CT molecular complexity index is 4360. The highest BCUT2D eigenvalue weighted by molar-refractivity contribution is 8.61. The van der Waals surface area contributed by atoms with Crippen LogP contribution in [0, 0.1) is 35.5 Å². The van der Waals surface area contributed by atoms with E-state index in [2.05, 4.69) is 365 Å². The van der Waals surface area contributed by atoms with E-state index < -0.39 is 0 Å². The Morgan fingerprint density at radius 1 is 0.297 bits per heavy atom. The van der Waals surface area contributed by atoms with Gasteiger partial charge in [0, 0.05) is 112 Å². The van der Waals surface area contributed by atoms with Gasteiger partial charge >= 0.3 is 0 Å². The third-order valence-corrected chi connectivity index (χ3v) is 56.7. The normalized spacial score (nSPS) is 36.7. The van der Waals surface area contributed by atoms with Crippen LogP contribution in [0.5, 0.6) is 0 Å². The predicted octanol–water partition coefficient (Wildman–Crippen LogP) is 27.4. The van der Waals surface area contributed by atoms with Crippen molar-refractivity contribution in [2.75, 3.05) is 0 Å². The first kappa shape index (κ1) is 88.1. The predicted molar refractivity (Wildman–Crippen MR) is 533 cm³/mol. The fourth-order valence-electron chi connectivity index (χ4n) is 22.6. The highest BCUT2D eigenvalue weighted by Gasteiger charge is 2.64. The van der Waals surface area contributed by atoms with E-state index in [9.17, 15) is 9.90 Å². The molecule has 15 atom stereocenters. The van der Waals surface area contributed by atoms with Crippen molar-refractivity contribution in [1.29, 1.82) is 0 Å². The Kier molecular flexibility index (Phi) is 26.3. The Morgan fingerprint density at radius 3 is 0.983 bits per heavy atom. The van der Waals surface area contributed by atoms with E-state index in [-0.39, 0.29) is 49.5 Å². The zero-order valence-corrected chi connectivity index (χ0v) is 83.3. The minimum atomic E-state index is -0.0246. The summed E-state index contributed by atoms with van der Waals surface area (Å²) >= 11 is 11.0. The number of Topliss-reactive ketones (excluding diaryl/α,β-unsaturated/α-hetero) is 1. The molecule has 0 spiro atoms. The topological polar surface area (TPSA) is 37.3 Å². The number of hydrogen-bond donors (Lipinski definition) is 1. The Morgan fingerprint density at radius 2 is 0.610 bits per heavy atom. The highest BCUT2D eigenvalue weighted by atomic mass is 32.4. The van der Waals surface area contributed by atoms with E-state index in [1.165, 1.54) is 146 Å². The van der Waals surface area contributed by atoms with Gasteiger partial charge in [0.1, 0.15) is 61.2 Å². The van der Waals surface area contributed by atoms with Gasteiger partial charge in [-0.3, -0.25) is 4.79 Å². The molecule has 632 valence electrons. The van der Waals surface area contributed by atoms with E-state index in [4.69, 9.17) is 0 Å². The fraction of sp³-hybridized carbons (Fsp3) is 0.590. The van der Waals surface area contributed by atoms with Crippen molar-refractivity contribution in [2.45, 2.75) is 370 Å².